The van der Waals surface area contributed by atoms with Crippen LogP contribution in [-0.2, 0) is 16.4 Å². The van der Waals surface area contributed by atoms with Gasteiger partial charge in [0.25, 0.3) is 0 Å². The van der Waals surface area contributed by atoms with Gasteiger partial charge in [0.15, 0.2) is 0 Å². The topological polar surface area (TPSA) is 40.6 Å². The van der Waals surface area contributed by atoms with Crippen LogP contribution in [0.1, 0.15) is 23.6 Å². The number of rotatable bonds is 4. The molecule has 1 aliphatic rings. The van der Waals surface area contributed by atoms with Crippen molar-refractivity contribution >= 4 is 15.7 Å². The lowest BCUT2D eigenvalue weighted by Crippen LogP contribution is -2.49. The van der Waals surface area contributed by atoms with E-state index in [-0.39, 0.29) is 0 Å². The Kier molecular flexibility index (Phi) is 5.16. The molecular weight excluding hydrogens is 332 g/mol. The summed E-state index contributed by atoms with van der Waals surface area (Å²) in [4.78, 5) is 2.72. The van der Waals surface area contributed by atoms with E-state index in [9.17, 15) is 8.42 Å². The van der Waals surface area contributed by atoms with Gasteiger partial charge in [0, 0.05) is 31.9 Å². The molecule has 0 radical (unpaired) electrons. The molecule has 2 aromatic rings. The highest BCUT2D eigenvalue weighted by atomic mass is 32.2. The summed E-state index contributed by atoms with van der Waals surface area (Å²) in [5.74, 6) is 0. The molecule has 0 N–H and O–H groups in total. The van der Waals surface area contributed by atoms with Crippen LogP contribution in [0.2, 0.25) is 0 Å². The van der Waals surface area contributed by atoms with Crippen LogP contribution in [0.3, 0.4) is 0 Å². The lowest BCUT2D eigenvalue weighted by atomic mass is 10.0. The van der Waals surface area contributed by atoms with E-state index in [4.69, 9.17) is 0 Å². The molecule has 0 aliphatic carbocycles. The summed E-state index contributed by atoms with van der Waals surface area (Å²) in [6, 6.07) is 13.5. The predicted molar refractivity (Wildman–Crippen MR) is 103 cm³/mol. The Balaban J connectivity index is 1.79. The smallest absolute Gasteiger partial charge is 0.243 e. The molecule has 0 unspecified atom stereocenters. The summed E-state index contributed by atoms with van der Waals surface area (Å²) in [6.45, 7) is 8.70. The molecule has 134 valence electrons. The highest BCUT2D eigenvalue weighted by Crippen LogP contribution is 2.28. The zero-order chi connectivity index (χ0) is 18.0. The van der Waals surface area contributed by atoms with Crippen molar-refractivity contribution in [3.05, 3.63) is 59.2 Å². The first-order valence-corrected chi connectivity index (χ1v) is 10.3. The van der Waals surface area contributed by atoms with Gasteiger partial charge in [0.1, 0.15) is 0 Å². The van der Waals surface area contributed by atoms with Crippen LogP contribution in [0.5, 0.6) is 0 Å². The molecule has 1 saturated heterocycles. The first-order valence-electron chi connectivity index (χ1n) is 8.83. The maximum absolute atomic E-state index is 12.9. The van der Waals surface area contributed by atoms with Crippen molar-refractivity contribution in [3.8, 4) is 0 Å². The van der Waals surface area contributed by atoms with Crippen molar-refractivity contribution in [3.63, 3.8) is 0 Å². The summed E-state index contributed by atoms with van der Waals surface area (Å²) < 4.78 is 27.4. The summed E-state index contributed by atoms with van der Waals surface area (Å²) in [5.41, 5.74) is 4.83. The molecule has 1 aliphatic heterocycles. The van der Waals surface area contributed by atoms with Crippen LogP contribution >= 0.6 is 0 Å². The highest BCUT2D eigenvalue weighted by molar-refractivity contribution is 7.89. The number of hydrogen-bond acceptors (Lipinski definition) is 3. The Labute approximate surface area is 151 Å². The average molecular weight is 359 g/mol. The summed E-state index contributed by atoms with van der Waals surface area (Å²) >= 11 is 0. The van der Waals surface area contributed by atoms with Crippen LogP contribution in [0.4, 0.5) is 5.69 Å². The van der Waals surface area contributed by atoms with Crippen LogP contribution < -0.4 is 4.90 Å². The van der Waals surface area contributed by atoms with E-state index < -0.39 is 10.0 Å². The minimum atomic E-state index is -3.41. The molecule has 0 amide bonds. The highest BCUT2D eigenvalue weighted by Gasteiger charge is 2.29. The van der Waals surface area contributed by atoms with E-state index in [1.165, 1.54) is 16.8 Å². The Bertz CT molecular complexity index is 854. The van der Waals surface area contributed by atoms with Crippen LogP contribution in [0.25, 0.3) is 0 Å². The zero-order valence-corrected chi connectivity index (χ0v) is 16.0. The molecule has 0 aromatic heterocycles. The van der Waals surface area contributed by atoms with Crippen LogP contribution in [-0.4, -0.2) is 38.9 Å². The Morgan fingerprint density at radius 1 is 0.960 bits per heavy atom. The third kappa shape index (κ3) is 3.58. The van der Waals surface area contributed by atoms with Gasteiger partial charge >= 0.3 is 0 Å². The average Bonchev–Trinajstić information content (AvgIpc) is 2.61. The third-order valence-corrected chi connectivity index (χ3v) is 6.78. The van der Waals surface area contributed by atoms with Crippen molar-refractivity contribution in [2.24, 2.45) is 0 Å². The monoisotopic (exact) mass is 358 g/mol. The van der Waals surface area contributed by atoms with Crippen molar-refractivity contribution in [1.29, 1.82) is 0 Å². The maximum atomic E-state index is 12.9. The number of sulfonamides is 1. The molecule has 3 rings (SSSR count). The van der Waals surface area contributed by atoms with Crippen LogP contribution in [0, 0.1) is 13.8 Å². The third-order valence-electron chi connectivity index (χ3n) is 4.88. The number of benzene rings is 2. The van der Waals surface area contributed by atoms with Gasteiger partial charge in [-0.3, -0.25) is 0 Å². The molecular formula is C20H26N2O2S. The molecule has 1 heterocycles. The quantitative estimate of drug-likeness (QED) is 0.841. The number of piperazine rings is 1. The summed E-state index contributed by atoms with van der Waals surface area (Å²) in [7, 11) is -3.41. The van der Waals surface area contributed by atoms with Gasteiger partial charge in [-0.2, -0.15) is 4.31 Å². The molecule has 4 nitrogen and oxygen atoms in total. The second-order valence-electron chi connectivity index (χ2n) is 6.64. The van der Waals surface area contributed by atoms with Gasteiger partial charge in [-0.15, -0.1) is 0 Å². The van der Waals surface area contributed by atoms with Crippen molar-refractivity contribution < 1.29 is 8.42 Å². The summed E-state index contributed by atoms with van der Waals surface area (Å²) in [6.07, 6.45) is 0.985. The van der Waals surface area contributed by atoms with Gasteiger partial charge in [-0.25, -0.2) is 8.42 Å². The van der Waals surface area contributed by atoms with E-state index in [1.807, 2.05) is 13.0 Å². The lowest BCUT2D eigenvalue weighted by molar-refractivity contribution is 0.384. The van der Waals surface area contributed by atoms with Gasteiger partial charge in [-0.05, 0) is 49.1 Å². The molecule has 0 atom stereocenters. The molecule has 5 heteroatoms. The predicted octanol–water partition coefficient (Wildman–Crippen LogP) is 3.38. The first kappa shape index (κ1) is 18.0. The van der Waals surface area contributed by atoms with E-state index in [1.54, 1.807) is 22.5 Å². The molecule has 0 spiro atoms. The maximum Gasteiger partial charge on any atom is 0.243 e. The standard InChI is InChI=1S/C20H26N2O2S/c1-4-18-9-6-8-17(3)20(18)21-11-13-22(14-12-21)25(23,24)19-10-5-7-16(2)15-19/h5-10,15H,4,11-14H2,1-3H3. The number of para-hydroxylation sites is 1. The van der Waals surface area contributed by atoms with Crippen molar-refractivity contribution in [1.82, 2.24) is 4.31 Å². The lowest BCUT2D eigenvalue weighted by Gasteiger charge is -2.37. The Morgan fingerprint density at radius 3 is 2.28 bits per heavy atom. The molecule has 0 saturated carbocycles. The van der Waals surface area contributed by atoms with E-state index in [0.717, 1.165) is 25.1 Å². The first-order chi connectivity index (χ1) is 11.9. The molecule has 0 bridgehead atoms. The molecule has 2 aromatic carbocycles. The fraction of sp³-hybridized carbons (Fsp3) is 0.400. The van der Waals surface area contributed by atoms with Gasteiger partial charge < -0.3 is 4.90 Å². The van der Waals surface area contributed by atoms with E-state index >= 15 is 0 Å². The van der Waals surface area contributed by atoms with Gasteiger partial charge in [0.2, 0.25) is 10.0 Å². The second-order valence-corrected chi connectivity index (χ2v) is 8.58. The normalized spacial score (nSPS) is 16.2. The Morgan fingerprint density at radius 2 is 1.64 bits per heavy atom. The van der Waals surface area contributed by atoms with E-state index in [0.29, 0.717) is 18.0 Å². The zero-order valence-electron chi connectivity index (χ0n) is 15.2. The SMILES string of the molecule is CCc1cccc(C)c1N1CCN(S(=O)(=O)c2cccc(C)c2)CC1. The van der Waals surface area contributed by atoms with Gasteiger partial charge in [-0.1, -0.05) is 37.3 Å². The van der Waals surface area contributed by atoms with Gasteiger partial charge in [0.05, 0.1) is 4.90 Å². The second kappa shape index (κ2) is 7.18. The van der Waals surface area contributed by atoms with Crippen molar-refractivity contribution in [2.45, 2.75) is 32.1 Å². The number of nitrogens with zero attached hydrogens (tertiary/aromatic N) is 2. The molecule has 1 fully saturated rings. The van der Waals surface area contributed by atoms with Crippen molar-refractivity contribution in [2.75, 3.05) is 31.1 Å². The molecule has 25 heavy (non-hydrogen) atoms. The van der Waals surface area contributed by atoms with Crippen LogP contribution in [0.15, 0.2) is 47.4 Å². The largest absolute Gasteiger partial charge is 0.368 e. The fourth-order valence-corrected chi connectivity index (χ4v) is 5.06. The number of anilines is 1. The fourth-order valence-electron chi connectivity index (χ4n) is 3.53. The number of hydrogen-bond donors (Lipinski definition) is 0. The van der Waals surface area contributed by atoms with E-state index in [2.05, 4.69) is 36.9 Å². The minimum absolute atomic E-state index is 0.395. The summed E-state index contributed by atoms with van der Waals surface area (Å²) in [5, 5.41) is 0. The number of aryl methyl sites for hydroxylation is 3. The minimum Gasteiger partial charge on any atom is -0.368 e. The Hall–Kier alpha value is -1.85.